The van der Waals surface area contributed by atoms with E-state index in [1.165, 1.54) is 17.6 Å². The number of aromatic nitrogens is 3. The van der Waals surface area contributed by atoms with Gasteiger partial charge in [-0.2, -0.15) is 0 Å². The number of halogens is 4. The lowest BCUT2D eigenvalue weighted by Crippen LogP contribution is -2.44. The van der Waals surface area contributed by atoms with Crippen molar-refractivity contribution in [2.75, 3.05) is 19.6 Å². The maximum absolute atomic E-state index is 14.3. The van der Waals surface area contributed by atoms with Crippen molar-refractivity contribution >= 4 is 39.9 Å². The van der Waals surface area contributed by atoms with Crippen LogP contribution in [-0.4, -0.2) is 51.7 Å². The summed E-state index contributed by atoms with van der Waals surface area (Å²) in [6, 6.07) is 5.21. The number of nitrogens with zero attached hydrogens (tertiary/aromatic N) is 4. The molecule has 3 aromatic heterocycles. The van der Waals surface area contributed by atoms with Crippen LogP contribution in [0.5, 0.6) is 5.75 Å². The van der Waals surface area contributed by atoms with Crippen molar-refractivity contribution in [2.24, 2.45) is 0 Å². The van der Waals surface area contributed by atoms with Crippen molar-refractivity contribution in [1.82, 2.24) is 25.3 Å². The molecule has 4 aromatic rings. The van der Waals surface area contributed by atoms with Crippen LogP contribution in [0.1, 0.15) is 57.6 Å². The van der Waals surface area contributed by atoms with E-state index in [0.717, 1.165) is 28.5 Å². The summed E-state index contributed by atoms with van der Waals surface area (Å²) in [7, 11) is 0. The zero-order chi connectivity index (χ0) is 27.7. The fourth-order valence-electron chi connectivity index (χ4n) is 4.81. The van der Waals surface area contributed by atoms with Crippen LogP contribution in [0.25, 0.3) is 11.1 Å². The van der Waals surface area contributed by atoms with Crippen molar-refractivity contribution < 1.29 is 27.2 Å². The first-order valence-electron chi connectivity index (χ1n) is 12.3. The molecule has 1 aliphatic heterocycles. The van der Waals surface area contributed by atoms with Gasteiger partial charge in [-0.15, -0.1) is 11.3 Å². The quantitative estimate of drug-likeness (QED) is 0.272. The number of alkyl halides is 2. The smallest absolute Gasteiger partial charge is 0.281 e. The van der Waals surface area contributed by atoms with E-state index in [4.69, 9.17) is 20.9 Å². The zero-order valence-electron chi connectivity index (χ0n) is 21.1. The van der Waals surface area contributed by atoms with Gasteiger partial charge in [-0.1, -0.05) is 22.8 Å². The first-order chi connectivity index (χ1) is 18.7. The number of carbonyl (C=O) groups is 1. The minimum Gasteiger partial charge on any atom is -0.489 e. The molecular formula is C26H25ClF3N5O3S. The van der Waals surface area contributed by atoms with Crippen LogP contribution >= 0.6 is 22.9 Å². The predicted molar refractivity (Wildman–Crippen MR) is 140 cm³/mol. The first-order valence-corrected chi connectivity index (χ1v) is 13.6. The number of rotatable bonds is 8. The van der Waals surface area contributed by atoms with Crippen molar-refractivity contribution in [3.63, 3.8) is 0 Å². The Balaban J connectivity index is 1.32. The highest BCUT2D eigenvalue weighted by Gasteiger charge is 2.33. The van der Waals surface area contributed by atoms with Crippen LogP contribution in [0.4, 0.5) is 13.2 Å². The summed E-state index contributed by atoms with van der Waals surface area (Å²) < 4.78 is 53.4. The van der Waals surface area contributed by atoms with Crippen molar-refractivity contribution in [3.8, 4) is 5.75 Å². The summed E-state index contributed by atoms with van der Waals surface area (Å²) in [5.74, 6) is -0.836. The van der Waals surface area contributed by atoms with Crippen LogP contribution in [0.3, 0.4) is 0 Å². The molecule has 1 unspecified atom stereocenters. The van der Waals surface area contributed by atoms with Gasteiger partial charge < -0.3 is 14.6 Å². The van der Waals surface area contributed by atoms with Crippen molar-refractivity contribution in [2.45, 2.75) is 45.3 Å². The number of carbonyl (C=O) groups excluding carboxylic acids is 1. The van der Waals surface area contributed by atoms with Crippen LogP contribution in [0, 0.1) is 19.7 Å². The summed E-state index contributed by atoms with van der Waals surface area (Å²) in [4.78, 5) is 23.4. The number of hydrogen-bond acceptors (Lipinski definition) is 8. The fraction of sp³-hybridized carbons (Fsp3) is 0.385. The Morgan fingerprint density at radius 1 is 1.31 bits per heavy atom. The number of ether oxygens (including phenoxy) is 1. The third kappa shape index (κ3) is 5.73. The van der Waals surface area contributed by atoms with Gasteiger partial charge >= 0.3 is 0 Å². The van der Waals surface area contributed by atoms with E-state index in [0.29, 0.717) is 48.0 Å². The monoisotopic (exact) mass is 579 g/mol. The minimum absolute atomic E-state index is 0.0268. The summed E-state index contributed by atoms with van der Waals surface area (Å²) in [5, 5.41) is 7.37. The first kappa shape index (κ1) is 27.4. The Labute approximate surface area is 231 Å². The number of aryl methyl sites for hydroxylation is 2. The average molecular weight is 580 g/mol. The summed E-state index contributed by atoms with van der Waals surface area (Å²) in [6.07, 6.45) is -1.68. The molecule has 0 bridgehead atoms. The largest absolute Gasteiger partial charge is 0.489 e. The average Bonchev–Trinajstić information content (AvgIpc) is 3.52. The molecule has 1 saturated heterocycles. The minimum atomic E-state index is -2.77. The second kappa shape index (κ2) is 11.5. The van der Waals surface area contributed by atoms with Crippen LogP contribution in [0.15, 0.2) is 34.3 Å². The van der Waals surface area contributed by atoms with E-state index in [9.17, 15) is 18.0 Å². The topological polar surface area (TPSA) is 93.4 Å². The number of nitrogens with one attached hydrogen (secondary N) is 1. The molecule has 206 valence electrons. The molecule has 0 spiro atoms. The van der Waals surface area contributed by atoms with Crippen LogP contribution in [-0.2, 0) is 0 Å². The molecule has 0 saturated carbocycles. The van der Waals surface area contributed by atoms with Crippen molar-refractivity contribution in [3.05, 3.63) is 68.1 Å². The molecule has 1 amide bonds. The Morgan fingerprint density at radius 2 is 2.08 bits per heavy atom. The Bertz CT molecular complexity index is 1470. The molecule has 1 aromatic carbocycles. The van der Waals surface area contributed by atoms with E-state index in [2.05, 4.69) is 20.4 Å². The van der Waals surface area contributed by atoms with Crippen LogP contribution < -0.4 is 10.1 Å². The number of amides is 1. The van der Waals surface area contributed by atoms with E-state index in [1.54, 1.807) is 0 Å². The van der Waals surface area contributed by atoms with Gasteiger partial charge in [-0.05, 0) is 38.8 Å². The molecule has 0 radical (unpaired) electrons. The number of likely N-dealkylation sites (tertiary alicyclic amines) is 1. The van der Waals surface area contributed by atoms with Gasteiger partial charge in [0.25, 0.3) is 18.0 Å². The molecule has 4 heterocycles. The second-order valence-electron chi connectivity index (χ2n) is 9.29. The van der Waals surface area contributed by atoms with Gasteiger partial charge in [-0.25, -0.2) is 23.1 Å². The molecule has 1 atom stereocenters. The number of thiazole rings is 1. The normalized spacial score (nSPS) is 15.7. The molecular weight excluding hydrogens is 555 g/mol. The molecule has 1 N–H and O–H groups in total. The lowest BCUT2D eigenvalue weighted by molar-refractivity contribution is 0.0709. The molecule has 5 rings (SSSR count). The summed E-state index contributed by atoms with van der Waals surface area (Å²) >= 11 is 7.14. The number of fused-ring (bicyclic) bond motifs is 1. The zero-order valence-corrected chi connectivity index (χ0v) is 22.7. The summed E-state index contributed by atoms with van der Waals surface area (Å²) in [6.45, 7) is 4.67. The third-order valence-electron chi connectivity index (χ3n) is 6.70. The van der Waals surface area contributed by atoms with Gasteiger partial charge in [0.05, 0.1) is 32.7 Å². The third-order valence-corrected chi connectivity index (χ3v) is 7.96. The van der Waals surface area contributed by atoms with E-state index < -0.39 is 24.2 Å². The van der Waals surface area contributed by atoms with Gasteiger partial charge in [-0.3, -0.25) is 9.69 Å². The lowest BCUT2D eigenvalue weighted by Gasteiger charge is -2.37. The number of benzene rings is 1. The predicted octanol–water partition coefficient (Wildman–Crippen LogP) is 6.04. The fourth-order valence-corrected chi connectivity index (χ4v) is 5.99. The number of hydrogen-bond donors (Lipinski definition) is 1. The molecule has 8 nitrogen and oxygen atoms in total. The maximum Gasteiger partial charge on any atom is 0.281 e. The standard InChI is InChI=1S/C26H25ClF3N5O3S/c1-13-10-19(20-14(2)34-38-26(20)33-13)37-15-6-8-35(9-7-15)18(23-22(24(29)30)32-12-39-23)11-31-25(36)21-16(27)4-3-5-17(21)28/h3-5,10,12,15,18,24H,6-9,11H2,1-2H3,(H,31,36). The molecule has 1 fully saturated rings. The second-order valence-corrected chi connectivity index (χ2v) is 10.6. The SMILES string of the molecule is Cc1cc(OC2CCN(C(CNC(=O)c3c(F)cccc3Cl)c3scnc3C(F)F)CC2)c2c(C)noc2n1. The highest BCUT2D eigenvalue weighted by atomic mass is 35.5. The van der Waals surface area contributed by atoms with Gasteiger partial charge in [0.2, 0.25) is 0 Å². The molecule has 39 heavy (non-hydrogen) atoms. The van der Waals surface area contributed by atoms with E-state index in [1.807, 2.05) is 24.8 Å². The molecule has 1 aliphatic rings. The summed E-state index contributed by atoms with van der Waals surface area (Å²) in [5.41, 5.74) is 2.59. The Kier molecular flexibility index (Phi) is 8.06. The maximum atomic E-state index is 14.3. The highest BCUT2D eigenvalue weighted by Crippen LogP contribution is 2.36. The Hall–Kier alpha value is -3.22. The van der Waals surface area contributed by atoms with Gasteiger partial charge in [0, 0.05) is 31.4 Å². The number of pyridine rings is 1. The molecule has 13 heteroatoms. The number of piperidine rings is 1. The Morgan fingerprint density at radius 3 is 2.79 bits per heavy atom. The van der Waals surface area contributed by atoms with Gasteiger partial charge in [0.15, 0.2) is 0 Å². The molecule has 0 aliphatic carbocycles. The lowest BCUT2D eigenvalue weighted by atomic mass is 10.0. The van der Waals surface area contributed by atoms with E-state index in [-0.39, 0.29) is 28.9 Å². The van der Waals surface area contributed by atoms with Crippen molar-refractivity contribution in [1.29, 1.82) is 0 Å². The van der Waals surface area contributed by atoms with E-state index >= 15 is 0 Å². The van der Waals surface area contributed by atoms with Crippen LogP contribution in [0.2, 0.25) is 5.02 Å². The van der Waals surface area contributed by atoms with Gasteiger partial charge in [0.1, 0.15) is 28.8 Å². The highest BCUT2D eigenvalue weighted by molar-refractivity contribution is 7.09.